The van der Waals surface area contributed by atoms with E-state index in [0.29, 0.717) is 18.1 Å². The topological polar surface area (TPSA) is 58.0 Å². The van der Waals surface area contributed by atoms with Gasteiger partial charge in [0.25, 0.3) is 0 Å². The van der Waals surface area contributed by atoms with E-state index in [9.17, 15) is 5.11 Å². The highest BCUT2D eigenvalue weighted by Crippen LogP contribution is 2.26. The maximum atomic E-state index is 10.1. The van der Waals surface area contributed by atoms with E-state index in [1.807, 2.05) is 17.7 Å². The quantitative estimate of drug-likeness (QED) is 0.832. The number of aliphatic hydroxyl groups is 1. The minimum atomic E-state index is -0.779. The summed E-state index contributed by atoms with van der Waals surface area (Å²) in [4.78, 5) is 9.16. The van der Waals surface area contributed by atoms with Gasteiger partial charge in [0.05, 0.1) is 11.0 Å². The molecule has 2 heterocycles. The summed E-state index contributed by atoms with van der Waals surface area (Å²) in [5.41, 5.74) is -0.779. The highest BCUT2D eigenvalue weighted by Gasteiger charge is 2.20. The Morgan fingerprint density at radius 1 is 1.56 bits per heavy atom. The van der Waals surface area contributed by atoms with Crippen LogP contribution in [0.3, 0.4) is 0 Å². The first-order valence-electron chi connectivity index (χ1n) is 5.38. The minimum Gasteiger partial charge on any atom is -0.387 e. The second kappa shape index (κ2) is 5.61. The summed E-state index contributed by atoms with van der Waals surface area (Å²) in [6.07, 6.45) is 1.97. The minimum absolute atomic E-state index is 0.219. The van der Waals surface area contributed by atoms with E-state index in [1.165, 1.54) is 11.3 Å². The summed E-state index contributed by atoms with van der Waals surface area (Å²) >= 11 is 8.99. The molecule has 0 aromatic carbocycles. The van der Waals surface area contributed by atoms with Gasteiger partial charge in [-0.3, -0.25) is 0 Å². The van der Waals surface area contributed by atoms with E-state index in [0.717, 1.165) is 10.2 Å². The summed E-state index contributed by atoms with van der Waals surface area (Å²) in [7, 11) is 0. The molecule has 2 rings (SSSR count). The smallest absolute Gasteiger partial charge is 0.225 e. The van der Waals surface area contributed by atoms with Crippen LogP contribution < -0.4 is 5.32 Å². The van der Waals surface area contributed by atoms with Crippen molar-refractivity contribution in [1.82, 2.24) is 9.97 Å². The Morgan fingerprint density at radius 3 is 3.06 bits per heavy atom. The van der Waals surface area contributed by atoms with E-state index in [-0.39, 0.29) is 5.28 Å². The average molecular weight is 304 g/mol. The number of aromatic nitrogens is 2. The Morgan fingerprint density at radius 2 is 2.33 bits per heavy atom. The number of thiophene rings is 1. The van der Waals surface area contributed by atoms with Crippen LogP contribution >= 0.6 is 34.7 Å². The van der Waals surface area contributed by atoms with Crippen molar-refractivity contribution in [3.63, 3.8) is 0 Å². The summed E-state index contributed by atoms with van der Waals surface area (Å²) < 4.78 is 0. The van der Waals surface area contributed by atoms with Crippen molar-refractivity contribution in [1.29, 1.82) is 0 Å². The summed E-state index contributed by atoms with van der Waals surface area (Å²) in [6.45, 7) is 2.22. The summed E-state index contributed by atoms with van der Waals surface area (Å²) in [5.74, 6) is 1.33. The van der Waals surface area contributed by atoms with Crippen LogP contribution in [-0.2, 0) is 0 Å². The Balaban J connectivity index is 2.19. The number of nitrogens with one attached hydrogen (secondary N) is 1. The molecule has 1 atom stereocenters. The number of hydrogen-bond donors (Lipinski definition) is 2. The molecule has 0 radical (unpaired) electrons. The maximum absolute atomic E-state index is 10.1. The largest absolute Gasteiger partial charge is 0.387 e. The molecular weight excluding hydrogens is 290 g/mol. The number of fused-ring (bicyclic) bond motifs is 1. The molecule has 7 heteroatoms. The SMILES string of the molecule is CSCC(C)(O)CNc1nc(Cl)nc2sccc12. The van der Waals surface area contributed by atoms with Crippen molar-refractivity contribution >= 4 is 50.7 Å². The molecular formula is C11H14ClN3OS2. The van der Waals surface area contributed by atoms with E-state index in [1.54, 1.807) is 18.7 Å². The highest BCUT2D eigenvalue weighted by molar-refractivity contribution is 7.98. The second-order valence-electron chi connectivity index (χ2n) is 4.26. The first kappa shape index (κ1) is 13.9. The third-order valence-corrected chi connectivity index (χ3v) is 4.28. The Labute approximate surface area is 119 Å². The van der Waals surface area contributed by atoms with E-state index in [4.69, 9.17) is 11.6 Å². The zero-order valence-corrected chi connectivity index (χ0v) is 12.5. The van der Waals surface area contributed by atoms with Crippen molar-refractivity contribution in [2.75, 3.05) is 23.9 Å². The number of rotatable bonds is 5. The van der Waals surface area contributed by atoms with Gasteiger partial charge in [-0.05, 0) is 36.2 Å². The maximum Gasteiger partial charge on any atom is 0.225 e. The van der Waals surface area contributed by atoms with Gasteiger partial charge in [0.1, 0.15) is 10.6 Å². The van der Waals surface area contributed by atoms with Crippen molar-refractivity contribution in [2.24, 2.45) is 0 Å². The summed E-state index contributed by atoms with van der Waals surface area (Å²) in [6, 6.07) is 1.95. The molecule has 2 aromatic rings. The molecule has 4 nitrogen and oxygen atoms in total. The lowest BCUT2D eigenvalue weighted by atomic mass is 10.1. The number of nitrogens with zero attached hydrogens (tertiary/aromatic N) is 2. The fourth-order valence-electron chi connectivity index (χ4n) is 1.60. The van der Waals surface area contributed by atoms with Gasteiger partial charge in [-0.1, -0.05) is 0 Å². The molecule has 0 aliphatic heterocycles. The van der Waals surface area contributed by atoms with Crippen LogP contribution in [0.1, 0.15) is 6.92 Å². The van der Waals surface area contributed by atoms with Crippen molar-refractivity contribution < 1.29 is 5.11 Å². The number of anilines is 1. The Kier molecular flexibility index (Phi) is 4.32. The number of halogens is 1. The fraction of sp³-hybridized carbons (Fsp3) is 0.455. The van der Waals surface area contributed by atoms with Gasteiger partial charge >= 0.3 is 0 Å². The van der Waals surface area contributed by atoms with Crippen molar-refractivity contribution in [2.45, 2.75) is 12.5 Å². The van der Waals surface area contributed by atoms with Crippen molar-refractivity contribution in [3.05, 3.63) is 16.7 Å². The lowest BCUT2D eigenvalue weighted by Gasteiger charge is -2.22. The van der Waals surface area contributed by atoms with Crippen LogP contribution in [0.2, 0.25) is 5.28 Å². The molecule has 0 saturated carbocycles. The average Bonchev–Trinajstić information content (AvgIpc) is 2.73. The molecule has 0 saturated heterocycles. The molecule has 0 bridgehead atoms. The first-order chi connectivity index (χ1) is 8.52. The first-order valence-corrected chi connectivity index (χ1v) is 8.03. The van der Waals surface area contributed by atoms with Gasteiger partial charge in [0.15, 0.2) is 0 Å². The summed E-state index contributed by atoms with van der Waals surface area (Å²) in [5, 5.41) is 16.4. The lowest BCUT2D eigenvalue weighted by Crippen LogP contribution is -2.36. The predicted octanol–water partition coefficient (Wildman–Crippen LogP) is 2.87. The van der Waals surface area contributed by atoms with Gasteiger partial charge in [0.2, 0.25) is 5.28 Å². The van der Waals surface area contributed by atoms with Crippen LogP contribution in [0, 0.1) is 0 Å². The molecule has 0 spiro atoms. The third kappa shape index (κ3) is 3.26. The number of hydrogen-bond acceptors (Lipinski definition) is 6. The van der Waals surface area contributed by atoms with Gasteiger partial charge in [-0.2, -0.15) is 11.8 Å². The Bertz CT molecular complexity index is 544. The molecule has 0 amide bonds. The second-order valence-corrected chi connectivity index (χ2v) is 6.36. The molecule has 0 fully saturated rings. The van der Waals surface area contributed by atoms with E-state index < -0.39 is 5.60 Å². The zero-order valence-electron chi connectivity index (χ0n) is 10.1. The monoisotopic (exact) mass is 303 g/mol. The molecule has 2 aromatic heterocycles. The standard InChI is InChI=1S/C11H14ClN3OS2/c1-11(16,6-17-2)5-13-8-7-3-4-18-9(7)15-10(12)14-8/h3-4,16H,5-6H2,1-2H3,(H,13,14,15). The van der Waals surface area contributed by atoms with Crippen molar-refractivity contribution in [3.8, 4) is 0 Å². The van der Waals surface area contributed by atoms with Crippen LogP contribution in [-0.4, -0.2) is 39.2 Å². The lowest BCUT2D eigenvalue weighted by molar-refractivity contribution is 0.0996. The highest BCUT2D eigenvalue weighted by atomic mass is 35.5. The van der Waals surface area contributed by atoms with Crippen LogP contribution in [0.15, 0.2) is 11.4 Å². The molecule has 18 heavy (non-hydrogen) atoms. The normalized spacial score (nSPS) is 14.7. The molecule has 2 N–H and O–H groups in total. The van der Waals surface area contributed by atoms with E-state index >= 15 is 0 Å². The molecule has 98 valence electrons. The zero-order chi connectivity index (χ0) is 13.2. The van der Waals surface area contributed by atoms with Crippen LogP contribution in [0.4, 0.5) is 5.82 Å². The van der Waals surface area contributed by atoms with Gasteiger partial charge in [-0.15, -0.1) is 11.3 Å². The molecule has 1 unspecified atom stereocenters. The van der Waals surface area contributed by atoms with Crippen LogP contribution in [0.5, 0.6) is 0 Å². The number of thioether (sulfide) groups is 1. The van der Waals surface area contributed by atoms with Gasteiger partial charge in [0, 0.05) is 12.3 Å². The van der Waals surface area contributed by atoms with Gasteiger partial charge in [-0.25, -0.2) is 9.97 Å². The molecule has 0 aliphatic carbocycles. The fourth-order valence-corrected chi connectivity index (χ4v) is 3.31. The van der Waals surface area contributed by atoms with Gasteiger partial charge < -0.3 is 10.4 Å². The predicted molar refractivity (Wildman–Crippen MR) is 79.9 cm³/mol. The van der Waals surface area contributed by atoms with E-state index in [2.05, 4.69) is 15.3 Å². The Hall–Kier alpha value is -0.560. The van der Waals surface area contributed by atoms with Crippen LogP contribution in [0.25, 0.3) is 10.2 Å². The molecule has 0 aliphatic rings. The third-order valence-electron chi connectivity index (χ3n) is 2.39.